The van der Waals surface area contributed by atoms with Gasteiger partial charge in [0.15, 0.2) is 0 Å². The normalized spacial score (nSPS) is 13.4. The summed E-state index contributed by atoms with van der Waals surface area (Å²) in [5.74, 6) is 1.67. The fourth-order valence-corrected chi connectivity index (χ4v) is 3.74. The number of nitrogens with zero attached hydrogens (tertiary/aromatic N) is 4. The first-order chi connectivity index (χ1) is 16.5. The van der Waals surface area contributed by atoms with Gasteiger partial charge in [0, 0.05) is 49.7 Å². The van der Waals surface area contributed by atoms with E-state index in [2.05, 4.69) is 35.8 Å². The summed E-state index contributed by atoms with van der Waals surface area (Å²) in [4.78, 5) is 28.0. The van der Waals surface area contributed by atoms with Crippen LogP contribution < -0.4 is 25.6 Å². The number of piperazine rings is 1. The van der Waals surface area contributed by atoms with E-state index < -0.39 is 5.97 Å². The zero-order chi connectivity index (χ0) is 24.1. The number of carbonyl (C=O) groups excluding carboxylic acids is 1. The molecule has 34 heavy (non-hydrogen) atoms. The number of halogens is 1. The van der Waals surface area contributed by atoms with Crippen LogP contribution in [0.2, 0.25) is 5.02 Å². The Bertz CT molecular complexity index is 1190. The molecule has 0 atom stereocenters. The average molecular weight is 484 g/mol. The van der Waals surface area contributed by atoms with Crippen molar-refractivity contribution in [1.82, 2.24) is 20.3 Å². The van der Waals surface area contributed by atoms with Crippen LogP contribution in [0.4, 0.5) is 29.0 Å². The molecule has 10 nitrogen and oxygen atoms in total. The highest BCUT2D eigenvalue weighted by Crippen LogP contribution is 2.30. The predicted molar refractivity (Wildman–Crippen MR) is 132 cm³/mol. The van der Waals surface area contributed by atoms with Crippen LogP contribution in [0.15, 0.2) is 36.7 Å². The summed E-state index contributed by atoms with van der Waals surface area (Å²) in [7, 11) is 2.92. The number of hydrogen-bond acceptors (Lipinski definition) is 10. The van der Waals surface area contributed by atoms with E-state index in [1.54, 1.807) is 37.7 Å². The monoisotopic (exact) mass is 483 g/mol. The van der Waals surface area contributed by atoms with Crippen molar-refractivity contribution >= 4 is 46.5 Å². The summed E-state index contributed by atoms with van der Waals surface area (Å²) in [6.45, 7) is 5.08. The van der Waals surface area contributed by atoms with Gasteiger partial charge in [0.1, 0.15) is 22.9 Å². The molecule has 0 aliphatic carbocycles. The van der Waals surface area contributed by atoms with E-state index in [0.717, 1.165) is 37.4 Å². The number of aryl methyl sites for hydroxylation is 1. The number of anilines is 5. The van der Waals surface area contributed by atoms with E-state index in [1.165, 1.54) is 7.11 Å². The Morgan fingerprint density at radius 2 is 1.88 bits per heavy atom. The number of pyridine rings is 1. The molecule has 0 radical (unpaired) electrons. The van der Waals surface area contributed by atoms with E-state index in [4.69, 9.17) is 21.1 Å². The fraction of sp³-hybridized carbons (Fsp3) is 0.304. The molecule has 178 valence electrons. The van der Waals surface area contributed by atoms with Crippen molar-refractivity contribution in [3.63, 3.8) is 0 Å². The lowest BCUT2D eigenvalue weighted by atomic mass is 10.2. The van der Waals surface area contributed by atoms with Gasteiger partial charge in [-0.25, -0.2) is 14.8 Å². The summed E-state index contributed by atoms with van der Waals surface area (Å²) < 4.78 is 10.3. The molecule has 3 aromatic rings. The van der Waals surface area contributed by atoms with Crippen LogP contribution in [0.5, 0.6) is 5.75 Å². The van der Waals surface area contributed by atoms with Crippen LogP contribution in [0.1, 0.15) is 15.9 Å². The molecule has 1 aliphatic heterocycles. The van der Waals surface area contributed by atoms with Gasteiger partial charge in [-0.3, -0.25) is 0 Å². The van der Waals surface area contributed by atoms with Crippen molar-refractivity contribution < 1.29 is 14.3 Å². The molecule has 1 saturated heterocycles. The molecule has 0 unspecified atom stereocenters. The third kappa shape index (κ3) is 5.29. The third-order valence-electron chi connectivity index (χ3n) is 5.33. The standard InChI is InChI=1S/C23H26ClN7O3/c1-14-12-27-23(30-20(14)28-15-4-5-18(24)19(11-15)33-2)29-16-10-17(22(32)34-3)21(26-13-16)31-8-6-25-7-9-31/h4-5,10-13,25H,6-9H2,1-3H3,(H2,27,28,29,30). The Hall–Kier alpha value is -3.63. The highest BCUT2D eigenvalue weighted by atomic mass is 35.5. The van der Waals surface area contributed by atoms with Gasteiger partial charge < -0.3 is 30.3 Å². The molecule has 1 aromatic carbocycles. The largest absolute Gasteiger partial charge is 0.495 e. The fourth-order valence-electron chi connectivity index (χ4n) is 3.55. The number of nitrogens with one attached hydrogen (secondary N) is 3. The van der Waals surface area contributed by atoms with Crippen molar-refractivity contribution in [2.75, 3.05) is 55.9 Å². The number of benzene rings is 1. The van der Waals surface area contributed by atoms with Crippen LogP contribution in [0.25, 0.3) is 0 Å². The summed E-state index contributed by atoms with van der Waals surface area (Å²) >= 11 is 6.12. The van der Waals surface area contributed by atoms with Crippen molar-refractivity contribution in [2.24, 2.45) is 0 Å². The van der Waals surface area contributed by atoms with Crippen molar-refractivity contribution in [2.45, 2.75) is 6.92 Å². The lowest BCUT2D eigenvalue weighted by Crippen LogP contribution is -2.44. The second kappa shape index (κ2) is 10.5. The maximum Gasteiger partial charge on any atom is 0.341 e. The highest BCUT2D eigenvalue weighted by molar-refractivity contribution is 6.32. The lowest BCUT2D eigenvalue weighted by Gasteiger charge is -2.29. The minimum atomic E-state index is -0.450. The Labute approximate surface area is 202 Å². The first kappa shape index (κ1) is 23.5. The maximum atomic E-state index is 12.5. The summed E-state index contributed by atoms with van der Waals surface area (Å²) in [6, 6.07) is 7.08. The molecule has 0 saturated carbocycles. The van der Waals surface area contributed by atoms with E-state index in [-0.39, 0.29) is 0 Å². The van der Waals surface area contributed by atoms with Gasteiger partial charge in [0.05, 0.1) is 31.1 Å². The molecular weight excluding hydrogens is 458 g/mol. The molecule has 4 rings (SSSR count). The molecule has 2 aromatic heterocycles. The summed E-state index contributed by atoms with van der Waals surface area (Å²) in [5, 5.41) is 10.2. The van der Waals surface area contributed by atoms with E-state index in [1.807, 2.05) is 13.0 Å². The number of esters is 1. The van der Waals surface area contributed by atoms with Crippen molar-refractivity contribution in [3.8, 4) is 5.75 Å². The Morgan fingerprint density at radius 3 is 2.62 bits per heavy atom. The van der Waals surface area contributed by atoms with Gasteiger partial charge in [-0.15, -0.1) is 0 Å². The maximum absolute atomic E-state index is 12.5. The van der Waals surface area contributed by atoms with Crippen molar-refractivity contribution in [1.29, 1.82) is 0 Å². The summed E-state index contributed by atoms with van der Waals surface area (Å²) in [6.07, 6.45) is 3.36. The number of ether oxygens (including phenoxy) is 2. The number of carbonyl (C=O) groups is 1. The zero-order valence-electron chi connectivity index (χ0n) is 19.2. The quantitative estimate of drug-likeness (QED) is 0.431. The van der Waals surface area contributed by atoms with Gasteiger partial charge in [0.2, 0.25) is 5.95 Å². The average Bonchev–Trinajstić information content (AvgIpc) is 2.87. The first-order valence-corrected chi connectivity index (χ1v) is 11.1. The Balaban J connectivity index is 1.58. The lowest BCUT2D eigenvalue weighted by molar-refractivity contribution is 0.0601. The molecular formula is C23H26ClN7O3. The number of rotatable bonds is 7. The molecule has 0 amide bonds. The molecule has 3 N–H and O–H groups in total. The number of hydrogen-bond donors (Lipinski definition) is 3. The topological polar surface area (TPSA) is 114 Å². The van der Waals surface area contributed by atoms with E-state index in [9.17, 15) is 4.79 Å². The predicted octanol–water partition coefficient (Wildman–Crippen LogP) is 3.53. The van der Waals surface area contributed by atoms with Crippen LogP contribution >= 0.6 is 11.6 Å². The van der Waals surface area contributed by atoms with Crippen molar-refractivity contribution in [3.05, 3.63) is 52.8 Å². The van der Waals surface area contributed by atoms with E-state index >= 15 is 0 Å². The third-order valence-corrected chi connectivity index (χ3v) is 5.64. The molecule has 1 aliphatic rings. The van der Waals surface area contributed by atoms with Gasteiger partial charge in [-0.05, 0) is 25.1 Å². The van der Waals surface area contributed by atoms with Gasteiger partial charge in [-0.2, -0.15) is 4.98 Å². The second-order valence-corrected chi connectivity index (χ2v) is 8.06. The molecule has 11 heteroatoms. The second-order valence-electron chi connectivity index (χ2n) is 7.65. The smallest absolute Gasteiger partial charge is 0.341 e. The molecule has 1 fully saturated rings. The summed E-state index contributed by atoms with van der Waals surface area (Å²) in [5.41, 5.74) is 2.57. The zero-order valence-corrected chi connectivity index (χ0v) is 19.9. The van der Waals surface area contributed by atoms with Gasteiger partial charge in [-0.1, -0.05) is 11.6 Å². The minimum absolute atomic E-state index is 0.349. The minimum Gasteiger partial charge on any atom is -0.495 e. The number of methoxy groups -OCH3 is 2. The van der Waals surface area contributed by atoms with Crippen LogP contribution in [0, 0.1) is 6.92 Å². The highest BCUT2D eigenvalue weighted by Gasteiger charge is 2.21. The van der Waals surface area contributed by atoms with Crippen LogP contribution in [-0.2, 0) is 4.74 Å². The number of aromatic nitrogens is 3. The SMILES string of the molecule is COC(=O)c1cc(Nc2ncc(C)c(Nc3ccc(Cl)c(OC)c3)n2)cnc1N1CCNCC1. The van der Waals surface area contributed by atoms with Gasteiger partial charge in [0.25, 0.3) is 0 Å². The molecule has 3 heterocycles. The van der Waals surface area contributed by atoms with E-state index in [0.29, 0.717) is 39.6 Å². The first-order valence-electron chi connectivity index (χ1n) is 10.7. The molecule has 0 spiro atoms. The van der Waals surface area contributed by atoms with Crippen LogP contribution in [-0.4, -0.2) is 61.3 Å². The molecule has 0 bridgehead atoms. The van der Waals surface area contributed by atoms with Gasteiger partial charge >= 0.3 is 5.97 Å². The Morgan fingerprint density at radius 1 is 1.09 bits per heavy atom. The van der Waals surface area contributed by atoms with Crippen LogP contribution in [0.3, 0.4) is 0 Å². The Kier molecular flexibility index (Phi) is 7.29.